The number of fused-ring (bicyclic) bond motifs is 1. The molecule has 8 heteroatoms. The van der Waals surface area contributed by atoms with Gasteiger partial charge in [0.25, 0.3) is 11.5 Å². The van der Waals surface area contributed by atoms with Gasteiger partial charge in [0.1, 0.15) is 22.9 Å². The number of hydrogen-bond donors (Lipinski definition) is 1. The van der Waals surface area contributed by atoms with Crippen molar-refractivity contribution in [3.63, 3.8) is 0 Å². The number of amides is 1. The second-order valence-corrected chi connectivity index (χ2v) is 6.27. The zero-order chi connectivity index (χ0) is 19.9. The van der Waals surface area contributed by atoms with Crippen LogP contribution < -0.4 is 10.5 Å². The Morgan fingerprint density at radius 2 is 1.96 bits per heavy atom. The SMILES string of the molecule is CCN(C(=O)c1c(O)c2c(Cl)cccc2n(C)c1=O)c1cc(F)ccc1F. The van der Waals surface area contributed by atoms with E-state index >= 15 is 0 Å². The number of carbonyl (C=O) groups excluding carboxylic acids is 1. The lowest BCUT2D eigenvalue weighted by Gasteiger charge is -2.22. The molecule has 0 radical (unpaired) electrons. The Morgan fingerprint density at radius 1 is 1.26 bits per heavy atom. The minimum atomic E-state index is -0.957. The lowest BCUT2D eigenvalue weighted by atomic mass is 10.1. The molecule has 0 atom stereocenters. The standard InChI is InChI=1S/C19H15ClF2N2O3/c1-3-24(14-9-10(21)7-8-12(14)22)19(27)16-17(25)15-11(20)5-4-6-13(15)23(2)18(16)26/h4-9,25H,3H2,1-2H3. The van der Waals surface area contributed by atoms with Crippen molar-refractivity contribution in [1.29, 1.82) is 0 Å². The summed E-state index contributed by atoms with van der Waals surface area (Å²) in [5.41, 5.74) is -1.34. The van der Waals surface area contributed by atoms with E-state index < -0.39 is 34.4 Å². The molecule has 3 rings (SSSR count). The predicted octanol–water partition coefficient (Wildman–Crippen LogP) is 3.84. The smallest absolute Gasteiger partial charge is 0.267 e. The molecule has 0 aliphatic heterocycles. The number of aromatic hydroxyl groups is 1. The number of hydrogen-bond acceptors (Lipinski definition) is 3. The topological polar surface area (TPSA) is 62.5 Å². The maximum absolute atomic E-state index is 14.2. The van der Waals surface area contributed by atoms with Gasteiger partial charge in [-0.2, -0.15) is 0 Å². The molecule has 27 heavy (non-hydrogen) atoms. The van der Waals surface area contributed by atoms with Crippen molar-refractivity contribution in [2.45, 2.75) is 6.92 Å². The Morgan fingerprint density at radius 3 is 2.63 bits per heavy atom. The molecule has 140 valence electrons. The Bertz CT molecular complexity index is 1130. The Kier molecular flexibility index (Phi) is 4.89. The van der Waals surface area contributed by atoms with Crippen LogP contribution in [0, 0.1) is 11.6 Å². The quantitative estimate of drug-likeness (QED) is 0.736. The minimum Gasteiger partial charge on any atom is -0.506 e. The average Bonchev–Trinajstić information content (AvgIpc) is 2.63. The van der Waals surface area contributed by atoms with Crippen molar-refractivity contribution in [3.8, 4) is 5.75 Å². The zero-order valence-corrected chi connectivity index (χ0v) is 15.2. The summed E-state index contributed by atoms with van der Waals surface area (Å²) in [6.07, 6.45) is 0. The van der Waals surface area contributed by atoms with Gasteiger partial charge in [-0.05, 0) is 31.2 Å². The van der Waals surface area contributed by atoms with E-state index in [0.29, 0.717) is 5.52 Å². The normalized spacial score (nSPS) is 11.0. The fraction of sp³-hybridized carbons (Fsp3) is 0.158. The van der Waals surface area contributed by atoms with Crippen LogP contribution in [0.25, 0.3) is 10.9 Å². The number of benzene rings is 2. The molecule has 2 aromatic carbocycles. The van der Waals surface area contributed by atoms with Crippen molar-refractivity contribution in [3.05, 3.63) is 69.0 Å². The number of rotatable bonds is 3. The molecular weight excluding hydrogens is 378 g/mol. The molecule has 1 aromatic heterocycles. The van der Waals surface area contributed by atoms with Crippen LogP contribution in [0.4, 0.5) is 14.5 Å². The summed E-state index contributed by atoms with van der Waals surface area (Å²) in [6, 6.07) is 7.34. The molecule has 0 aliphatic carbocycles. The maximum atomic E-state index is 14.2. The number of halogens is 3. The van der Waals surface area contributed by atoms with Gasteiger partial charge in [0, 0.05) is 19.7 Å². The minimum absolute atomic E-state index is 0.0532. The van der Waals surface area contributed by atoms with Crippen molar-refractivity contribution in [2.75, 3.05) is 11.4 Å². The number of carbonyl (C=O) groups is 1. The number of pyridine rings is 1. The molecule has 0 saturated heterocycles. The highest BCUT2D eigenvalue weighted by Gasteiger charge is 2.28. The largest absolute Gasteiger partial charge is 0.506 e. The molecule has 5 nitrogen and oxygen atoms in total. The molecule has 0 saturated carbocycles. The first-order valence-electron chi connectivity index (χ1n) is 8.05. The molecule has 0 fully saturated rings. The molecule has 3 aromatic rings. The van der Waals surface area contributed by atoms with E-state index in [1.165, 1.54) is 24.6 Å². The zero-order valence-electron chi connectivity index (χ0n) is 14.5. The molecule has 0 unspecified atom stereocenters. The fourth-order valence-corrected chi connectivity index (χ4v) is 3.23. The van der Waals surface area contributed by atoms with Crippen LogP contribution >= 0.6 is 11.6 Å². The summed E-state index contributed by atoms with van der Waals surface area (Å²) in [6.45, 7) is 1.49. The second kappa shape index (κ2) is 7.00. The van der Waals surface area contributed by atoms with Gasteiger partial charge in [-0.15, -0.1) is 0 Å². The van der Waals surface area contributed by atoms with Crippen molar-refractivity contribution in [2.24, 2.45) is 7.05 Å². The Balaban J connectivity index is 2.28. The van der Waals surface area contributed by atoms with Crippen LogP contribution in [0.3, 0.4) is 0 Å². The summed E-state index contributed by atoms with van der Waals surface area (Å²) in [5.74, 6) is -3.13. The van der Waals surface area contributed by atoms with Crippen LogP contribution in [0.1, 0.15) is 17.3 Å². The van der Waals surface area contributed by atoms with Gasteiger partial charge in [0.15, 0.2) is 0 Å². The first kappa shape index (κ1) is 18.8. The summed E-state index contributed by atoms with van der Waals surface area (Å²) >= 11 is 6.13. The summed E-state index contributed by atoms with van der Waals surface area (Å²) in [4.78, 5) is 26.6. The molecule has 1 N–H and O–H groups in total. The molecule has 0 aliphatic rings. The Hall–Kier alpha value is -2.93. The van der Waals surface area contributed by atoms with Gasteiger partial charge in [0.2, 0.25) is 0 Å². The third-order valence-corrected chi connectivity index (χ3v) is 4.63. The van der Waals surface area contributed by atoms with Crippen LogP contribution in [-0.4, -0.2) is 22.1 Å². The van der Waals surface area contributed by atoms with Gasteiger partial charge in [0.05, 0.1) is 21.6 Å². The van der Waals surface area contributed by atoms with E-state index in [-0.39, 0.29) is 22.6 Å². The number of anilines is 1. The molecule has 1 heterocycles. The van der Waals surface area contributed by atoms with E-state index in [9.17, 15) is 23.5 Å². The van der Waals surface area contributed by atoms with E-state index in [1.54, 1.807) is 12.1 Å². The van der Waals surface area contributed by atoms with Gasteiger partial charge < -0.3 is 14.6 Å². The first-order chi connectivity index (χ1) is 12.8. The van der Waals surface area contributed by atoms with Gasteiger partial charge in [-0.3, -0.25) is 9.59 Å². The van der Waals surface area contributed by atoms with E-state index in [2.05, 4.69) is 0 Å². The van der Waals surface area contributed by atoms with Crippen LogP contribution in [-0.2, 0) is 7.05 Å². The van der Waals surface area contributed by atoms with Gasteiger partial charge >= 0.3 is 0 Å². The van der Waals surface area contributed by atoms with Gasteiger partial charge in [-0.1, -0.05) is 17.7 Å². The van der Waals surface area contributed by atoms with Crippen LogP contribution in [0.2, 0.25) is 5.02 Å². The van der Waals surface area contributed by atoms with E-state index in [1.807, 2.05) is 0 Å². The first-order valence-corrected chi connectivity index (χ1v) is 8.42. The van der Waals surface area contributed by atoms with Crippen molar-refractivity contribution < 1.29 is 18.7 Å². The number of aromatic nitrogens is 1. The fourth-order valence-electron chi connectivity index (χ4n) is 2.97. The van der Waals surface area contributed by atoms with Gasteiger partial charge in [-0.25, -0.2) is 8.78 Å². The lowest BCUT2D eigenvalue weighted by molar-refractivity contribution is 0.0983. The summed E-state index contributed by atoms with van der Waals surface area (Å²) in [7, 11) is 1.43. The van der Waals surface area contributed by atoms with Crippen LogP contribution in [0.5, 0.6) is 5.75 Å². The van der Waals surface area contributed by atoms with Crippen molar-refractivity contribution >= 4 is 34.1 Å². The summed E-state index contributed by atoms with van der Waals surface area (Å²) in [5, 5.41) is 10.9. The van der Waals surface area contributed by atoms with Crippen molar-refractivity contribution in [1.82, 2.24) is 4.57 Å². The summed E-state index contributed by atoms with van der Waals surface area (Å²) < 4.78 is 28.9. The predicted molar refractivity (Wildman–Crippen MR) is 99.6 cm³/mol. The number of aryl methyl sites for hydroxylation is 1. The Labute approximate surface area is 158 Å². The third kappa shape index (κ3) is 3.04. The monoisotopic (exact) mass is 392 g/mol. The number of nitrogens with zero attached hydrogens (tertiary/aromatic N) is 2. The van der Waals surface area contributed by atoms with E-state index in [0.717, 1.165) is 23.1 Å². The highest BCUT2D eigenvalue weighted by Crippen LogP contribution is 2.33. The molecule has 1 amide bonds. The highest BCUT2D eigenvalue weighted by molar-refractivity contribution is 6.36. The second-order valence-electron chi connectivity index (χ2n) is 5.87. The average molecular weight is 393 g/mol. The van der Waals surface area contributed by atoms with Crippen LogP contribution in [0.15, 0.2) is 41.2 Å². The molecule has 0 bridgehead atoms. The third-order valence-electron chi connectivity index (χ3n) is 4.32. The molecular formula is C19H15ClF2N2O3. The molecule has 0 spiro atoms. The maximum Gasteiger partial charge on any atom is 0.267 e. The highest BCUT2D eigenvalue weighted by atomic mass is 35.5. The van der Waals surface area contributed by atoms with E-state index in [4.69, 9.17) is 11.6 Å². The lowest BCUT2D eigenvalue weighted by Crippen LogP contribution is -2.37.